The summed E-state index contributed by atoms with van der Waals surface area (Å²) in [5.74, 6) is 0. The third-order valence-corrected chi connectivity index (χ3v) is 2.91. The molecular weight excluding hydrogens is 244 g/mol. The average Bonchev–Trinajstić information content (AvgIpc) is 2.76. The molecule has 0 atom stereocenters. The van der Waals surface area contributed by atoms with Crippen molar-refractivity contribution in [3.8, 4) is 0 Å². The van der Waals surface area contributed by atoms with Crippen molar-refractivity contribution in [2.75, 3.05) is 19.7 Å². The van der Waals surface area contributed by atoms with Crippen molar-refractivity contribution in [1.29, 1.82) is 0 Å². The Morgan fingerprint density at radius 2 is 2.21 bits per heavy atom. The number of carbonyl (C=O) groups excluding carboxylic acids is 1. The lowest BCUT2D eigenvalue weighted by Crippen LogP contribution is -2.41. The molecule has 0 saturated carbocycles. The monoisotopic (exact) mass is 268 g/mol. The summed E-state index contributed by atoms with van der Waals surface area (Å²) < 4.78 is 1.76. The van der Waals surface area contributed by atoms with Crippen LogP contribution in [0.15, 0.2) is 6.20 Å². The zero-order valence-corrected chi connectivity index (χ0v) is 12.0. The zero-order chi connectivity index (χ0) is 14.3. The number of aryl methyl sites for hydroxylation is 2. The van der Waals surface area contributed by atoms with Crippen LogP contribution in [0.1, 0.15) is 31.5 Å². The molecule has 1 aromatic rings. The molecule has 19 heavy (non-hydrogen) atoms. The molecule has 6 nitrogen and oxygen atoms in total. The molecule has 2 amide bonds. The lowest BCUT2D eigenvalue weighted by Gasteiger charge is -2.21. The quantitative estimate of drug-likeness (QED) is 0.772. The molecule has 1 aromatic heterocycles. The molecule has 0 fully saturated rings. The Hall–Kier alpha value is -1.56. The predicted molar refractivity (Wildman–Crippen MR) is 73.8 cm³/mol. The first kappa shape index (κ1) is 15.5. The van der Waals surface area contributed by atoms with Gasteiger partial charge in [-0.3, -0.25) is 4.68 Å². The molecule has 2 N–H and O–H groups in total. The predicted octanol–water partition coefficient (Wildman–Crippen LogP) is 0.896. The number of hydrogen-bond donors (Lipinski definition) is 2. The maximum Gasteiger partial charge on any atom is 0.317 e. The Morgan fingerprint density at radius 1 is 1.47 bits per heavy atom. The second kappa shape index (κ2) is 7.78. The molecule has 0 saturated heterocycles. The lowest BCUT2D eigenvalue weighted by molar-refractivity contribution is 0.177. The van der Waals surface area contributed by atoms with Gasteiger partial charge in [0.2, 0.25) is 0 Å². The molecule has 0 aliphatic carbocycles. The fraction of sp³-hybridized carbons (Fsp3) is 0.692. The first-order valence-electron chi connectivity index (χ1n) is 6.77. The minimum atomic E-state index is -0.137. The van der Waals surface area contributed by atoms with Gasteiger partial charge in [-0.15, -0.1) is 0 Å². The lowest BCUT2D eigenvalue weighted by atomic mass is 10.2. The van der Waals surface area contributed by atoms with Crippen molar-refractivity contribution in [2.45, 2.75) is 33.2 Å². The van der Waals surface area contributed by atoms with E-state index in [9.17, 15) is 4.79 Å². The SMILES string of the molecule is CCCN(CCO)C(=O)NCc1cn(C)nc1CC. The van der Waals surface area contributed by atoms with Crippen LogP contribution in [0.2, 0.25) is 0 Å². The van der Waals surface area contributed by atoms with E-state index in [0.29, 0.717) is 19.6 Å². The van der Waals surface area contributed by atoms with Gasteiger partial charge in [0.1, 0.15) is 0 Å². The van der Waals surface area contributed by atoms with E-state index in [0.717, 1.165) is 24.1 Å². The van der Waals surface area contributed by atoms with Gasteiger partial charge in [-0.05, 0) is 12.8 Å². The van der Waals surface area contributed by atoms with Crippen LogP contribution >= 0.6 is 0 Å². The minimum Gasteiger partial charge on any atom is -0.395 e. The molecule has 0 radical (unpaired) electrons. The summed E-state index contributed by atoms with van der Waals surface area (Å²) in [7, 11) is 1.87. The van der Waals surface area contributed by atoms with Gasteiger partial charge in [0.05, 0.1) is 12.3 Å². The molecule has 0 bridgehead atoms. The number of rotatable bonds is 7. The second-order valence-corrected chi connectivity index (χ2v) is 4.50. The number of nitrogens with zero attached hydrogens (tertiary/aromatic N) is 3. The second-order valence-electron chi connectivity index (χ2n) is 4.50. The highest BCUT2D eigenvalue weighted by Gasteiger charge is 2.13. The minimum absolute atomic E-state index is 0.0134. The topological polar surface area (TPSA) is 70.4 Å². The number of carbonyl (C=O) groups is 1. The van der Waals surface area contributed by atoms with E-state index in [1.54, 1.807) is 9.58 Å². The van der Waals surface area contributed by atoms with Crippen molar-refractivity contribution < 1.29 is 9.90 Å². The summed E-state index contributed by atoms with van der Waals surface area (Å²) in [4.78, 5) is 13.6. The number of amides is 2. The van der Waals surface area contributed by atoms with E-state index < -0.39 is 0 Å². The Morgan fingerprint density at radius 3 is 2.79 bits per heavy atom. The number of aliphatic hydroxyl groups is 1. The highest BCUT2D eigenvalue weighted by Crippen LogP contribution is 2.07. The van der Waals surface area contributed by atoms with Crippen LogP contribution in [-0.4, -0.2) is 45.5 Å². The maximum atomic E-state index is 12.0. The Balaban J connectivity index is 2.56. The maximum absolute atomic E-state index is 12.0. The van der Waals surface area contributed by atoms with Gasteiger partial charge in [-0.1, -0.05) is 13.8 Å². The third kappa shape index (κ3) is 4.55. The summed E-state index contributed by atoms with van der Waals surface area (Å²) in [5.41, 5.74) is 2.05. The van der Waals surface area contributed by atoms with Gasteiger partial charge in [0.25, 0.3) is 0 Å². The fourth-order valence-corrected chi connectivity index (χ4v) is 2.02. The Labute approximate surface area is 114 Å². The first-order chi connectivity index (χ1) is 9.12. The number of nitrogens with one attached hydrogen (secondary N) is 1. The van der Waals surface area contributed by atoms with Crippen molar-refractivity contribution in [3.63, 3.8) is 0 Å². The normalized spacial score (nSPS) is 10.5. The van der Waals surface area contributed by atoms with Crippen molar-refractivity contribution >= 4 is 6.03 Å². The standard InChI is InChI=1S/C13H24N4O2/c1-4-6-17(7-8-18)13(19)14-9-11-10-16(3)15-12(11)5-2/h10,18H,4-9H2,1-3H3,(H,14,19). The molecule has 1 rings (SSSR count). The Bertz CT molecular complexity index is 397. The molecule has 0 unspecified atom stereocenters. The molecule has 0 spiro atoms. The number of urea groups is 1. The van der Waals surface area contributed by atoms with Gasteiger partial charge < -0.3 is 15.3 Å². The van der Waals surface area contributed by atoms with Gasteiger partial charge in [-0.2, -0.15) is 5.10 Å². The average molecular weight is 268 g/mol. The van der Waals surface area contributed by atoms with Crippen LogP contribution in [0, 0.1) is 0 Å². The third-order valence-electron chi connectivity index (χ3n) is 2.91. The van der Waals surface area contributed by atoms with Crippen molar-refractivity contribution in [3.05, 3.63) is 17.5 Å². The van der Waals surface area contributed by atoms with Crippen LogP contribution in [0.3, 0.4) is 0 Å². The Kier molecular flexibility index (Phi) is 6.35. The van der Waals surface area contributed by atoms with Crippen LogP contribution in [-0.2, 0) is 20.0 Å². The van der Waals surface area contributed by atoms with Gasteiger partial charge in [0.15, 0.2) is 0 Å². The molecule has 0 aliphatic heterocycles. The van der Waals surface area contributed by atoms with Crippen LogP contribution < -0.4 is 5.32 Å². The van der Waals surface area contributed by atoms with E-state index in [-0.39, 0.29) is 12.6 Å². The molecule has 0 aliphatic rings. The summed E-state index contributed by atoms with van der Waals surface area (Å²) in [6.07, 6.45) is 3.65. The summed E-state index contributed by atoms with van der Waals surface area (Å²) in [6, 6.07) is -0.137. The highest BCUT2D eigenvalue weighted by molar-refractivity contribution is 5.74. The zero-order valence-electron chi connectivity index (χ0n) is 12.0. The number of aromatic nitrogens is 2. The molecule has 108 valence electrons. The van der Waals surface area contributed by atoms with Gasteiger partial charge >= 0.3 is 6.03 Å². The van der Waals surface area contributed by atoms with E-state index >= 15 is 0 Å². The number of aliphatic hydroxyl groups excluding tert-OH is 1. The largest absolute Gasteiger partial charge is 0.395 e. The van der Waals surface area contributed by atoms with Crippen molar-refractivity contribution in [2.24, 2.45) is 7.05 Å². The smallest absolute Gasteiger partial charge is 0.317 e. The summed E-state index contributed by atoms with van der Waals surface area (Å²) >= 11 is 0. The van der Waals surface area contributed by atoms with Gasteiger partial charge in [0, 0.05) is 38.4 Å². The molecule has 1 heterocycles. The molecular formula is C13H24N4O2. The fourth-order valence-electron chi connectivity index (χ4n) is 2.02. The van der Waals surface area contributed by atoms with Crippen LogP contribution in [0.25, 0.3) is 0 Å². The van der Waals surface area contributed by atoms with E-state index in [2.05, 4.69) is 10.4 Å². The molecule has 6 heteroatoms. The van der Waals surface area contributed by atoms with Crippen LogP contribution in [0.5, 0.6) is 0 Å². The summed E-state index contributed by atoms with van der Waals surface area (Å²) in [6.45, 7) is 5.53. The molecule has 0 aromatic carbocycles. The van der Waals surface area contributed by atoms with E-state index in [1.165, 1.54) is 0 Å². The van der Waals surface area contributed by atoms with E-state index in [4.69, 9.17) is 5.11 Å². The highest BCUT2D eigenvalue weighted by atomic mass is 16.3. The van der Waals surface area contributed by atoms with Crippen molar-refractivity contribution in [1.82, 2.24) is 20.0 Å². The first-order valence-corrected chi connectivity index (χ1v) is 6.77. The van der Waals surface area contributed by atoms with Crippen LogP contribution in [0.4, 0.5) is 4.79 Å². The van der Waals surface area contributed by atoms with Gasteiger partial charge in [-0.25, -0.2) is 4.79 Å². The summed E-state index contributed by atoms with van der Waals surface area (Å²) in [5, 5.41) is 16.2. The van der Waals surface area contributed by atoms with E-state index in [1.807, 2.05) is 27.1 Å². The number of hydrogen-bond acceptors (Lipinski definition) is 3.